The maximum atomic E-state index is 5.89. The Morgan fingerprint density at radius 1 is 1.47 bits per heavy atom. The van der Waals surface area contributed by atoms with Gasteiger partial charge in [-0.1, -0.05) is 25.1 Å². The van der Waals surface area contributed by atoms with Crippen LogP contribution in [0.2, 0.25) is 0 Å². The molecule has 1 fully saturated rings. The number of alkyl halides is 1. The Kier molecular flexibility index (Phi) is 2.92. The van der Waals surface area contributed by atoms with Crippen LogP contribution < -0.4 is 4.74 Å². The molecule has 82 valence electrons. The first-order valence-corrected chi connectivity index (χ1v) is 5.91. The van der Waals surface area contributed by atoms with Crippen LogP contribution in [0.5, 0.6) is 5.75 Å². The van der Waals surface area contributed by atoms with E-state index < -0.39 is 0 Å². The summed E-state index contributed by atoms with van der Waals surface area (Å²) in [7, 11) is 1.73. The van der Waals surface area contributed by atoms with Gasteiger partial charge in [-0.25, -0.2) is 0 Å². The third-order valence-electron chi connectivity index (χ3n) is 3.51. The second-order valence-corrected chi connectivity index (χ2v) is 5.01. The van der Waals surface area contributed by atoms with Crippen molar-refractivity contribution in [3.05, 3.63) is 29.8 Å². The highest BCUT2D eigenvalue weighted by atomic mass is 35.5. The Morgan fingerprint density at radius 2 is 2.20 bits per heavy atom. The number of hydrogen-bond donors (Lipinski definition) is 0. The third-order valence-corrected chi connectivity index (χ3v) is 3.88. The van der Waals surface area contributed by atoms with Gasteiger partial charge in [0.2, 0.25) is 0 Å². The summed E-state index contributed by atoms with van der Waals surface area (Å²) in [6.45, 7) is 2.31. The van der Waals surface area contributed by atoms with Gasteiger partial charge in [0.05, 0.1) is 7.11 Å². The van der Waals surface area contributed by atoms with Gasteiger partial charge in [-0.2, -0.15) is 0 Å². The standard InChI is InChI=1S/C13H17ClO/c1-13(8-11(13)9-14)7-10-5-3-4-6-12(10)15-2/h3-6,11H,7-9H2,1-2H3. The molecule has 0 amide bonds. The number of methoxy groups -OCH3 is 1. The van der Waals surface area contributed by atoms with Gasteiger partial charge in [-0.15, -0.1) is 11.6 Å². The second kappa shape index (κ2) is 4.05. The van der Waals surface area contributed by atoms with Crippen molar-refractivity contribution < 1.29 is 4.74 Å². The summed E-state index contributed by atoms with van der Waals surface area (Å²) in [5.74, 6) is 2.47. The minimum absolute atomic E-state index is 0.399. The van der Waals surface area contributed by atoms with Crippen LogP contribution in [0.4, 0.5) is 0 Å². The Labute approximate surface area is 96.4 Å². The van der Waals surface area contributed by atoms with E-state index in [2.05, 4.69) is 19.1 Å². The van der Waals surface area contributed by atoms with E-state index in [9.17, 15) is 0 Å². The predicted octanol–water partition coefficient (Wildman–Crippen LogP) is 3.50. The molecule has 1 nitrogen and oxygen atoms in total. The first-order valence-electron chi connectivity index (χ1n) is 5.37. The van der Waals surface area contributed by atoms with Crippen LogP contribution in [0.15, 0.2) is 24.3 Å². The molecule has 0 aromatic heterocycles. The molecule has 0 radical (unpaired) electrons. The summed E-state index contributed by atoms with van der Waals surface area (Å²) in [4.78, 5) is 0. The minimum Gasteiger partial charge on any atom is -0.496 e. The van der Waals surface area contributed by atoms with Crippen molar-refractivity contribution in [2.45, 2.75) is 19.8 Å². The lowest BCUT2D eigenvalue weighted by Gasteiger charge is -2.13. The molecule has 1 saturated carbocycles. The van der Waals surface area contributed by atoms with Crippen molar-refractivity contribution in [3.8, 4) is 5.75 Å². The second-order valence-electron chi connectivity index (χ2n) is 4.70. The number of benzene rings is 1. The minimum atomic E-state index is 0.399. The molecule has 0 bridgehead atoms. The van der Waals surface area contributed by atoms with Crippen molar-refractivity contribution >= 4 is 11.6 Å². The van der Waals surface area contributed by atoms with Crippen molar-refractivity contribution in [1.29, 1.82) is 0 Å². The van der Waals surface area contributed by atoms with Crippen molar-refractivity contribution in [1.82, 2.24) is 0 Å². The largest absolute Gasteiger partial charge is 0.496 e. The fourth-order valence-electron chi connectivity index (χ4n) is 2.25. The number of ether oxygens (including phenoxy) is 1. The number of halogens is 1. The third kappa shape index (κ3) is 2.12. The topological polar surface area (TPSA) is 9.23 Å². The lowest BCUT2D eigenvalue weighted by Crippen LogP contribution is -2.05. The monoisotopic (exact) mass is 224 g/mol. The Hall–Kier alpha value is -0.690. The van der Waals surface area contributed by atoms with Crippen molar-refractivity contribution in [2.75, 3.05) is 13.0 Å². The van der Waals surface area contributed by atoms with Gasteiger partial charge in [-0.3, -0.25) is 0 Å². The predicted molar refractivity (Wildman–Crippen MR) is 63.6 cm³/mol. The Balaban J connectivity index is 2.11. The van der Waals surface area contributed by atoms with E-state index in [0.717, 1.165) is 18.1 Å². The van der Waals surface area contributed by atoms with Gasteiger partial charge in [0.25, 0.3) is 0 Å². The highest BCUT2D eigenvalue weighted by Crippen LogP contribution is 2.55. The zero-order valence-corrected chi connectivity index (χ0v) is 10.1. The zero-order valence-electron chi connectivity index (χ0n) is 9.29. The van der Waals surface area contributed by atoms with E-state index in [0.29, 0.717) is 11.3 Å². The Bertz CT molecular complexity index is 350. The van der Waals surface area contributed by atoms with Crippen LogP contribution in [0, 0.1) is 11.3 Å². The van der Waals surface area contributed by atoms with E-state index in [4.69, 9.17) is 16.3 Å². The molecular formula is C13H17ClO. The first-order chi connectivity index (χ1) is 7.19. The molecule has 0 N–H and O–H groups in total. The average Bonchev–Trinajstić information content (AvgIpc) is 2.90. The quantitative estimate of drug-likeness (QED) is 0.712. The number of para-hydroxylation sites is 1. The molecule has 15 heavy (non-hydrogen) atoms. The smallest absolute Gasteiger partial charge is 0.122 e. The van der Waals surface area contributed by atoms with Crippen LogP contribution in [-0.2, 0) is 6.42 Å². The van der Waals surface area contributed by atoms with Gasteiger partial charge in [0.1, 0.15) is 5.75 Å². The molecule has 2 heteroatoms. The highest BCUT2D eigenvalue weighted by Gasteiger charge is 2.49. The lowest BCUT2D eigenvalue weighted by molar-refractivity contribution is 0.402. The van der Waals surface area contributed by atoms with Crippen LogP contribution in [0.1, 0.15) is 18.9 Å². The Morgan fingerprint density at radius 3 is 2.80 bits per heavy atom. The van der Waals surface area contributed by atoms with E-state index in [-0.39, 0.29) is 0 Å². The summed E-state index contributed by atoms with van der Waals surface area (Å²) in [5.41, 5.74) is 1.70. The van der Waals surface area contributed by atoms with Gasteiger partial charge < -0.3 is 4.74 Å². The SMILES string of the molecule is COc1ccccc1CC1(C)CC1CCl. The van der Waals surface area contributed by atoms with E-state index in [1.54, 1.807) is 7.11 Å². The molecule has 1 aliphatic rings. The maximum absolute atomic E-state index is 5.89. The molecular weight excluding hydrogens is 208 g/mol. The summed E-state index contributed by atoms with van der Waals surface area (Å²) in [6, 6.07) is 8.25. The van der Waals surface area contributed by atoms with E-state index in [1.165, 1.54) is 12.0 Å². The summed E-state index contributed by atoms with van der Waals surface area (Å²) < 4.78 is 5.35. The van der Waals surface area contributed by atoms with Gasteiger partial charge in [-0.05, 0) is 35.8 Å². The number of rotatable bonds is 4. The van der Waals surface area contributed by atoms with Crippen LogP contribution in [0.3, 0.4) is 0 Å². The van der Waals surface area contributed by atoms with Crippen LogP contribution >= 0.6 is 11.6 Å². The van der Waals surface area contributed by atoms with Crippen molar-refractivity contribution in [2.24, 2.45) is 11.3 Å². The normalized spacial score (nSPS) is 28.9. The van der Waals surface area contributed by atoms with Crippen LogP contribution in [-0.4, -0.2) is 13.0 Å². The average molecular weight is 225 g/mol. The molecule has 2 unspecified atom stereocenters. The molecule has 2 atom stereocenters. The summed E-state index contributed by atoms with van der Waals surface area (Å²) >= 11 is 5.89. The van der Waals surface area contributed by atoms with Gasteiger partial charge >= 0.3 is 0 Å². The van der Waals surface area contributed by atoms with Crippen molar-refractivity contribution in [3.63, 3.8) is 0 Å². The van der Waals surface area contributed by atoms with Gasteiger partial charge in [0, 0.05) is 5.88 Å². The highest BCUT2D eigenvalue weighted by molar-refractivity contribution is 6.18. The molecule has 0 heterocycles. The fourth-order valence-corrected chi connectivity index (χ4v) is 2.73. The molecule has 1 aromatic carbocycles. The first kappa shape index (κ1) is 10.8. The zero-order chi connectivity index (χ0) is 10.9. The summed E-state index contributed by atoms with van der Waals surface area (Å²) in [5, 5.41) is 0. The molecule has 0 saturated heterocycles. The maximum Gasteiger partial charge on any atom is 0.122 e. The molecule has 0 aliphatic heterocycles. The molecule has 2 rings (SSSR count). The van der Waals surface area contributed by atoms with Gasteiger partial charge in [0.15, 0.2) is 0 Å². The molecule has 1 aromatic rings. The lowest BCUT2D eigenvalue weighted by atomic mass is 9.96. The van der Waals surface area contributed by atoms with E-state index in [1.807, 2.05) is 12.1 Å². The summed E-state index contributed by atoms with van der Waals surface area (Å²) in [6.07, 6.45) is 2.32. The molecule has 0 spiro atoms. The van der Waals surface area contributed by atoms with E-state index >= 15 is 0 Å². The van der Waals surface area contributed by atoms with Crippen LogP contribution in [0.25, 0.3) is 0 Å². The fraction of sp³-hybridized carbons (Fsp3) is 0.538. The molecule has 1 aliphatic carbocycles. The number of hydrogen-bond acceptors (Lipinski definition) is 1.